The van der Waals surface area contributed by atoms with E-state index in [1.807, 2.05) is 0 Å². The van der Waals surface area contributed by atoms with Gasteiger partial charge in [-0.25, -0.2) is 0 Å². The zero-order chi connectivity index (χ0) is 0. The van der Waals surface area contributed by atoms with E-state index in [2.05, 4.69) is 0 Å². The molecule has 0 aromatic rings. The summed E-state index contributed by atoms with van der Waals surface area (Å²) in [6.45, 7) is 0. The molecule has 0 atom stereocenters. The van der Waals surface area contributed by atoms with Crippen molar-refractivity contribution >= 4 is 20.8 Å². The second kappa shape index (κ2) is 47.3. The van der Waals surface area contributed by atoms with E-state index in [-0.39, 0.29) is 95.5 Å². The van der Waals surface area contributed by atoms with Crippen LogP contribution in [0.2, 0.25) is 0 Å². The second-order valence-electron chi connectivity index (χ2n) is 0. The smallest absolute Gasteiger partial charge is 0 e. The quantitative estimate of drug-likeness (QED) is 0.551. The van der Waals surface area contributed by atoms with Gasteiger partial charge in [0.2, 0.25) is 0 Å². The third kappa shape index (κ3) is 29.8. The molecule has 0 heterocycles. The Morgan fingerprint density at radius 2 is 1.00 bits per heavy atom. The van der Waals surface area contributed by atoms with Crippen LogP contribution in [0.4, 0.5) is 0 Å². The molecule has 0 fully saturated rings. The van der Waals surface area contributed by atoms with Crippen LogP contribution in [-0.2, 0) is 74.7 Å². The molecular formula is HBClCuMnMoZn. The summed E-state index contributed by atoms with van der Waals surface area (Å²) in [6, 6.07) is 0. The van der Waals surface area contributed by atoms with Gasteiger partial charge >= 0.3 is 0 Å². The molecule has 0 unspecified atom stereocenters. The van der Waals surface area contributed by atoms with Crippen molar-refractivity contribution in [1.82, 2.24) is 0 Å². The third-order valence-electron chi connectivity index (χ3n) is 0. The maximum Gasteiger partial charge on any atom is 0 e. The average Bonchev–Trinajstić information content (AvgIpc) is 0. The van der Waals surface area contributed by atoms with Crippen molar-refractivity contribution in [3.05, 3.63) is 0 Å². The molecule has 0 amide bonds. The van der Waals surface area contributed by atoms with Crippen molar-refractivity contribution in [2.75, 3.05) is 0 Å². The minimum absolute atomic E-state index is 0. The van der Waals surface area contributed by atoms with Crippen LogP contribution in [0.15, 0.2) is 0 Å². The van der Waals surface area contributed by atoms with Gasteiger partial charge in [0, 0.05) is 83.1 Å². The summed E-state index contributed by atoms with van der Waals surface area (Å²) in [7, 11) is 0. The van der Waals surface area contributed by atoms with Crippen LogP contribution in [0.3, 0.4) is 0 Å². The average molecular weight is 327 g/mol. The fraction of sp³-hybridized carbons (Fsp3) is 0. The molecule has 0 aliphatic rings. The van der Waals surface area contributed by atoms with Crippen molar-refractivity contribution in [2.24, 2.45) is 0 Å². The Balaban J connectivity index is 0. The molecular weight excluding hydrogens is 326 g/mol. The molecule has 6 heteroatoms. The summed E-state index contributed by atoms with van der Waals surface area (Å²) < 4.78 is 0. The van der Waals surface area contributed by atoms with Crippen molar-refractivity contribution in [3.8, 4) is 0 Å². The molecule has 0 rings (SSSR count). The van der Waals surface area contributed by atoms with E-state index in [9.17, 15) is 0 Å². The number of hydrogen-bond acceptors (Lipinski definition) is 0. The van der Waals surface area contributed by atoms with E-state index in [0.717, 1.165) is 0 Å². The first kappa shape index (κ1) is 70.6. The van der Waals surface area contributed by atoms with Crippen molar-refractivity contribution in [2.45, 2.75) is 0 Å². The second-order valence-corrected chi connectivity index (χ2v) is 0. The van der Waals surface area contributed by atoms with Crippen LogP contribution >= 0.6 is 12.4 Å². The Labute approximate surface area is 94.3 Å². The molecule has 0 saturated heterocycles. The molecule has 0 bridgehead atoms. The maximum atomic E-state index is 0. The normalized spacial score (nSPS) is 0. The SMILES string of the molecule is Cl.[B].[Cu].[Mn].[Mo].[Zn]. The molecule has 5 radical (unpaired) electrons. The molecule has 0 nitrogen and oxygen atoms in total. The molecule has 0 aliphatic heterocycles. The third-order valence-corrected chi connectivity index (χ3v) is 0. The zero-order valence-electron chi connectivity index (χ0n) is 2.78. The summed E-state index contributed by atoms with van der Waals surface area (Å²) in [5.74, 6) is 0. The fourth-order valence-corrected chi connectivity index (χ4v) is 0. The number of rotatable bonds is 0. The van der Waals surface area contributed by atoms with Gasteiger partial charge in [0.05, 0.1) is 0 Å². The van der Waals surface area contributed by atoms with Gasteiger partial charge < -0.3 is 0 Å². The van der Waals surface area contributed by atoms with E-state index >= 15 is 0 Å². The molecule has 37 valence electrons. The Morgan fingerprint density at radius 1 is 1.00 bits per heavy atom. The predicted octanol–water partition coefficient (Wildman–Crippen LogP) is 0.0310. The summed E-state index contributed by atoms with van der Waals surface area (Å²) in [5, 5.41) is 0. The molecule has 0 aromatic heterocycles. The van der Waals surface area contributed by atoms with Crippen LogP contribution in [0.1, 0.15) is 0 Å². The van der Waals surface area contributed by atoms with Crippen LogP contribution < -0.4 is 0 Å². The Hall–Kier alpha value is 2.71. The van der Waals surface area contributed by atoms with Crippen molar-refractivity contribution in [3.63, 3.8) is 0 Å². The monoisotopic (exact) mass is 327 g/mol. The minimum atomic E-state index is 0. The molecule has 0 saturated carbocycles. The first-order valence-electron chi connectivity index (χ1n) is 0. The molecule has 0 aromatic carbocycles. The van der Waals surface area contributed by atoms with Crippen molar-refractivity contribution < 1.29 is 74.7 Å². The largest absolute Gasteiger partial charge is 0.147 e. The molecule has 0 aliphatic carbocycles. The van der Waals surface area contributed by atoms with Gasteiger partial charge in [-0.1, -0.05) is 0 Å². The summed E-state index contributed by atoms with van der Waals surface area (Å²) in [6.07, 6.45) is 0. The summed E-state index contributed by atoms with van der Waals surface area (Å²) >= 11 is 0. The van der Waals surface area contributed by atoms with Gasteiger partial charge in [-0.05, 0) is 0 Å². The van der Waals surface area contributed by atoms with Gasteiger partial charge in [-0.3, -0.25) is 0 Å². The van der Waals surface area contributed by atoms with Gasteiger partial charge in [0.25, 0.3) is 0 Å². The van der Waals surface area contributed by atoms with E-state index in [0.29, 0.717) is 0 Å². The fourth-order valence-electron chi connectivity index (χ4n) is 0. The topological polar surface area (TPSA) is 0 Å². The van der Waals surface area contributed by atoms with Crippen LogP contribution in [0, 0.1) is 0 Å². The van der Waals surface area contributed by atoms with Gasteiger partial charge in [-0.15, -0.1) is 12.4 Å². The first-order chi connectivity index (χ1) is 0. The predicted molar refractivity (Wildman–Crippen MR) is 13.0 cm³/mol. The summed E-state index contributed by atoms with van der Waals surface area (Å²) in [4.78, 5) is 0. The van der Waals surface area contributed by atoms with Crippen LogP contribution in [0.5, 0.6) is 0 Å². The van der Waals surface area contributed by atoms with Gasteiger partial charge in [-0.2, -0.15) is 0 Å². The Kier molecular flexibility index (Phi) is 557. The minimum Gasteiger partial charge on any atom is -0.147 e. The first-order valence-corrected chi connectivity index (χ1v) is 0. The Morgan fingerprint density at radius 3 is 1.00 bits per heavy atom. The van der Waals surface area contributed by atoms with Crippen molar-refractivity contribution in [1.29, 1.82) is 0 Å². The standard InChI is InChI=1S/B.ClH.Cu.Mn.Mo.Zn/h;1H;;;;. The van der Waals surface area contributed by atoms with E-state index < -0.39 is 0 Å². The van der Waals surface area contributed by atoms with Crippen LogP contribution in [-0.4, -0.2) is 8.41 Å². The molecule has 6 heavy (non-hydrogen) atoms. The van der Waals surface area contributed by atoms with E-state index in [1.54, 1.807) is 0 Å². The van der Waals surface area contributed by atoms with Gasteiger partial charge in [0.1, 0.15) is 0 Å². The molecule has 0 N–H and O–H groups in total. The zero-order valence-corrected chi connectivity index (χ0v) is 10.7. The number of hydrogen-bond donors (Lipinski definition) is 0. The van der Waals surface area contributed by atoms with E-state index in [4.69, 9.17) is 0 Å². The Bertz CT molecular complexity index is 15.5. The van der Waals surface area contributed by atoms with Crippen LogP contribution in [0.25, 0.3) is 0 Å². The maximum absolute atomic E-state index is 0. The van der Waals surface area contributed by atoms with E-state index in [1.165, 1.54) is 0 Å². The van der Waals surface area contributed by atoms with Gasteiger partial charge in [0.15, 0.2) is 0 Å². The molecule has 0 spiro atoms. The number of halogens is 1. The summed E-state index contributed by atoms with van der Waals surface area (Å²) in [5.41, 5.74) is 0.